The molecule has 0 bridgehead atoms. The number of amides is 1. The molecule has 152 valence electrons. The minimum absolute atomic E-state index is 0.148. The number of morpholine rings is 1. The molecule has 3 rings (SSSR count). The molecule has 0 saturated carbocycles. The first-order valence-electron chi connectivity index (χ1n) is 9.39. The van der Waals surface area contributed by atoms with Crippen LogP contribution in [0.3, 0.4) is 0 Å². The van der Waals surface area contributed by atoms with Crippen molar-refractivity contribution in [2.45, 2.75) is 6.92 Å². The maximum Gasteiger partial charge on any atom is 0.338 e. The number of carbonyl (C=O) groups is 2. The zero-order chi connectivity index (χ0) is 20.6. The van der Waals surface area contributed by atoms with Gasteiger partial charge in [-0.3, -0.25) is 10.1 Å². The molecule has 7 nitrogen and oxygen atoms in total. The van der Waals surface area contributed by atoms with E-state index in [9.17, 15) is 9.59 Å². The lowest BCUT2D eigenvalue weighted by Crippen LogP contribution is -2.38. The van der Waals surface area contributed by atoms with Crippen molar-refractivity contribution in [2.75, 3.05) is 43.1 Å². The molecule has 1 aliphatic heterocycles. The van der Waals surface area contributed by atoms with Crippen LogP contribution in [0.4, 0.5) is 11.4 Å². The number of hydrogen-bond donors (Lipinski definition) is 2. The van der Waals surface area contributed by atoms with Crippen molar-refractivity contribution in [1.29, 1.82) is 0 Å². The molecule has 0 spiro atoms. The lowest BCUT2D eigenvalue weighted by atomic mass is 10.1. The lowest BCUT2D eigenvalue weighted by Gasteiger charge is -2.31. The number of rotatable bonds is 5. The molecule has 0 unspecified atom stereocenters. The van der Waals surface area contributed by atoms with Gasteiger partial charge in [-0.1, -0.05) is 18.2 Å². The molecule has 2 aromatic rings. The Morgan fingerprint density at radius 2 is 1.83 bits per heavy atom. The van der Waals surface area contributed by atoms with Crippen LogP contribution in [0.15, 0.2) is 48.5 Å². The van der Waals surface area contributed by atoms with Gasteiger partial charge in [0.15, 0.2) is 5.11 Å². The van der Waals surface area contributed by atoms with Crippen molar-refractivity contribution >= 4 is 40.6 Å². The molecular weight excluding hydrogens is 390 g/mol. The first-order chi connectivity index (χ1) is 14.1. The van der Waals surface area contributed by atoms with E-state index in [1.165, 1.54) is 0 Å². The van der Waals surface area contributed by atoms with Gasteiger partial charge >= 0.3 is 5.97 Å². The van der Waals surface area contributed by atoms with Crippen LogP contribution in [0.1, 0.15) is 27.6 Å². The Morgan fingerprint density at radius 3 is 2.52 bits per heavy atom. The summed E-state index contributed by atoms with van der Waals surface area (Å²) in [6.45, 7) is 4.72. The summed E-state index contributed by atoms with van der Waals surface area (Å²) < 4.78 is 10.5. The highest BCUT2D eigenvalue weighted by atomic mass is 32.1. The molecule has 29 heavy (non-hydrogen) atoms. The molecule has 1 aliphatic rings. The zero-order valence-corrected chi connectivity index (χ0v) is 17.0. The summed E-state index contributed by atoms with van der Waals surface area (Å²) >= 11 is 5.33. The maximum atomic E-state index is 12.4. The molecular formula is C21H23N3O4S. The minimum Gasteiger partial charge on any atom is -0.462 e. The highest BCUT2D eigenvalue weighted by Crippen LogP contribution is 2.28. The Morgan fingerprint density at radius 1 is 1.10 bits per heavy atom. The molecule has 0 radical (unpaired) electrons. The van der Waals surface area contributed by atoms with Crippen LogP contribution in [0, 0.1) is 0 Å². The topological polar surface area (TPSA) is 79.9 Å². The Kier molecular flexibility index (Phi) is 7.15. The van der Waals surface area contributed by atoms with Gasteiger partial charge in [-0.05, 0) is 49.5 Å². The van der Waals surface area contributed by atoms with E-state index >= 15 is 0 Å². The van der Waals surface area contributed by atoms with E-state index in [4.69, 9.17) is 21.7 Å². The Hall–Kier alpha value is -2.97. The number of esters is 1. The van der Waals surface area contributed by atoms with Gasteiger partial charge in [0.2, 0.25) is 0 Å². The van der Waals surface area contributed by atoms with E-state index in [1.807, 2.05) is 12.1 Å². The van der Waals surface area contributed by atoms with Crippen molar-refractivity contribution in [1.82, 2.24) is 5.32 Å². The van der Waals surface area contributed by atoms with Crippen LogP contribution in [-0.2, 0) is 9.47 Å². The number of thiocarbonyl (C=S) groups is 1. The van der Waals surface area contributed by atoms with Crippen LogP contribution in [-0.4, -0.2) is 49.9 Å². The maximum absolute atomic E-state index is 12.4. The van der Waals surface area contributed by atoms with E-state index in [0.717, 1.165) is 18.8 Å². The number of benzene rings is 2. The average molecular weight is 413 g/mol. The number of carbonyl (C=O) groups excluding carboxylic acids is 2. The summed E-state index contributed by atoms with van der Waals surface area (Å²) in [6, 6.07) is 14.1. The predicted octanol–water partition coefficient (Wildman–Crippen LogP) is 2.83. The molecule has 1 amide bonds. The fourth-order valence-corrected chi connectivity index (χ4v) is 3.18. The first kappa shape index (κ1) is 20.8. The van der Waals surface area contributed by atoms with Gasteiger partial charge in [-0.15, -0.1) is 0 Å². The largest absolute Gasteiger partial charge is 0.462 e. The molecule has 2 aromatic carbocycles. The molecule has 8 heteroatoms. The second-order valence-electron chi connectivity index (χ2n) is 6.33. The molecule has 0 aliphatic carbocycles. The van der Waals surface area contributed by atoms with Crippen LogP contribution in [0.25, 0.3) is 0 Å². The monoisotopic (exact) mass is 413 g/mol. The summed E-state index contributed by atoms with van der Waals surface area (Å²) in [5, 5.41) is 5.87. The van der Waals surface area contributed by atoms with Crippen molar-refractivity contribution in [3.05, 3.63) is 59.7 Å². The van der Waals surface area contributed by atoms with E-state index in [1.54, 1.807) is 43.3 Å². The number of anilines is 2. The smallest absolute Gasteiger partial charge is 0.338 e. The second kappa shape index (κ2) is 9.99. The Labute approximate surface area is 175 Å². The summed E-state index contributed by atoms with van der Waals surface area (Å²) in [5.74, 6) is -0.721. The summed E-state index contributed by atoms with van der Waals surface area (Å²) in [5.41, 5.74) is 2.40. The van der Waals surface area contributed by atoms with Crippen molar-refractivity contribution in [3.63, 3.8) is 0 Å². The molecule has 0 aromatic heterocycles. The minimum atomic E-state index is -0.414. The average Bonchev–Trinajstić information content (AvgIpc) is 2.75. The fourth-order valence-electron chi connectivity index (χ4n) is 2.98. The van der Waals surface area contributed by atoms with Gasteiger partial charge < -0.3 is 19.7 Å². The van der Waals surface area contributed by atoms with Crippen molar-refractivity contribution in [3.8, 4) is 0 Å². The summed E-state index contributed by atoms with van der Waals surface area (Å²) in [7, 11) is 0. The van der Waals surface area contributed by atoms with Gasteiger partial charge in [0.05, 0.1) is 36.8 Å². The SMILES string of the molecule is CCOC(=O)c1ccc(N2CCOCC2)c(NC(=S)NC(=O)c2ccccc2)c1. The number of nitrogens with one attached hydrogen (secondary N) is 2. The predicted molar refractivity (Wildman–Crippen MR) is 116 cm³/mol. The highest BCUT2D eigenvalue weighted by Gasteiger charge is 2.18. The summed E-state index contributed by atoms with van der Waals surface area (Å²) in [4.78, 5) is 26.6. The number of nitrogens with zero attached hydrogens (tertiary/aromatic N) is 1. The Bertz CT molecular complexity index is 883. The van der Waals surface area contributed by atoms with Crippen molar-refractivity contribution < 1.29 is 19.1 Å². The van der Waals surface area contributed by atoms with Crippen LogP contribution >= 0.6 is 12.2 Å². The van der Waals surface area contributed by atoms with E-state index in [0.29, 0.717) is 36.6 Å². The van der Waals surface area contributed by atoms with Crippen LogP contribution < -0.4 is 15.5 Å². The second-order valence-corrected chi connectivity index (χ2v) is 6.73. The normalized spacial score (nSPS) is 13.5. The van der Waals surface area contributed by atoms with E-state index in [-0.39, 0.29) is 11.0 Å². The molecule has 2 N–H and O–H groups in total. The third-order valence-electron chi connectivity index (χ3n) is 4.37. The molecule has 1 heterocycles. The van der Waals surface area contributed by atoms with Gasteiger partial charge in [0.1, 0.15) is 0 Å². The van der Waals surface area contributed by atoms with Crippen molar-refractivity contribution in [2.24, 2.45) is 0 Å². The standard InChI is InChI=1S/C21H23N3O4S/c1-2-28-20(26)16-8-9-18(24-10-12-27-13-11-24)17(14-16)22-21(29)23-19(25)15-6-4-3-5-7-15/h3-9,14H,2,10-13H2,1H3,(H2,22,23,25,29). The van der Waals surface area contributed by atoms with Gasteiger partial charge in [-0.25, -0.2) is 4.79 Å². The van der Waals surface area contributed by atoms with Crippen LogP contribution in [0.5, 0.6) is 0 Å². The third kappa shape index (κ3) is 5.52. The van der Waals surface area contributed by atoms with E-state index < -0.39 is 5.97 Å². The quantitative estimate of drug-likeness (QED) is 0.576. The first-order valence-corrected chi connectivity index (χ1v) is 9.80. The number of ether oxygens (including phenoxy) is 2. The molecule has 0 atom stereocenters. The number of hydrogen-bond acceptors (Lipinski definition) is 6. The van der Waals surface area contributed by atoms with Gasteiger partial charge in [0, 0.05) is 18.7 Å². The van der Waals surface area contributed by atoms with Gasteiger partial charge in [0.25, 0.3) is 5.91 Å². The fraction of sp³-hybridized carbons (Fsp3) is 0.286. The Balaban J connectivity index is 1.80. The third-order valence-corrected chi connectivity index (χ3v) is 4.57. The zero-order valence-electron chi connectivity index (χ0n) is 16.1. The van der Waals surface area contributed by atoms with E-state index in [2.05, 4.69) is 15.5 Å². The highest BCUT2D eigenvalue weighted by molar-refractivity contribution is 7.80. The molecule has 1 fully saturated rings. The van der Waals surface area contributed by atoms with Crippen LogP contribution in [0.2, 0.25) is 0 Å². The van der Waals surface area contributed by atoms with Gasteiger partial charge in [-0.2, -0.15) is 0 Å². The lowest BCUT2D eigenvalue weighted by molar-refractivity contribution is 0.0526. The molecule has 1 saturated heterocycles. The summed E-state index contributed by atoms with van der Waals surface area (Å²) in [6.07, 6.45) is 0.